The Hall–Kier alpha value is -1.26. The van der Waals surface area contributed by atoms with Crippen LogP contribution in [0.5, 0.6) is 5.75 Å². The van der Waals surface area contributed by atoms with Crippen molar-refractivity contribution in [3.63, 3.8) is 0 Å². The highest BCUT2D eigenvalue weighted by atomic mass is 35.5. The van der Waals surface area contributed by atoms with E-state index in [1.807, 2.05) is 4.90 Å². The molecule has 2 aliphatic rings. The molecule has 0 spiro atoms. The Morgan fingerprint density at radius 1 is 1.24 bits per heavy atom. The van der Waals surface area contributed by atoms with Gasteiger partial charge in [0.2, 0.25) is 0 Å². The third kappa shape index (κ3) is 3.50. The maximum Gasteiger partial charge on any atom is 0.260 e. The van der Waals surface area contributed by atoms with Crippen molar-refractivity contribution >= 4 is 17.5 Å². The monoisotopic (exact) mass is 308 g/mol. The minimum absolute atomic E-state index is 0.0629. The summed E-state index contributed by atoms with van der Waals surface area (Å²) in [6.45, 7) is 1.79. The quantitative estimate of drug-likeness (QED) is 0.932. The smallest absolute Gasteiger partial charge is 0.260 e. The van der Waals surface area contributed by atoms with Gasteiger partial charge in [-0.2, -0.15) is 0 Å². The number of halogens is 1. The van der Waals surface area contributed by atoms with Crippen molar-refractivity contribution in [1.29, 1.82) is 0 Å². The van der Waals surface area contributed by atoms with Gasteiger partial charge < -0.3 is 15.4 Å². The summed E-state index contributed by atoms with van der Waals surface area (Å²) in [6, 6.07) is 7.38. The average Bonchev–Trinajstić information content (AvgIpc) is 2.89. The number of benzene rings is 1. The molecule has 1 heterocycles. The number of amides is 1. The number of nitrogens with zero attached hydrogens (tertiary/aromatic N) is 1. The topological polar surface area (TPSA) is 55.6 Å². The van der Waals surface area contributed by atoms with Crippen LogP contribution in [0.15, 0.2) is 24.3 Å². The predicted octanol–water partition coefficient (Wildman–Crippen LogP) is 2.30. The standard InChI is InChI=1S/C16H21ClN2O2/c17-13-2-5-15(6-3-13)21-10-16(20)19-8-11-1-4-14(18)7-12(11)9-19/h2-3,5-6,11-12,14H,1,4,7-10,18H2/t11-,12+,14?/m1/s1. The van der Waals surface area contributed by atoms with E-state index in [-0.39, 0.29) is 12.5 Å². The SMILES string of the molecule is NC1CC[C@@H]2CN(C(=O)COc3ccc(Cl)cc3)C[C@@H]2C1. The normalized spacial score (nSPS) is 28.3. The van der Waals surface area contributed by atoms with E-state index in [0.29, 0.717) is 28.6 Å². The van der Waals surface area contributed by atoms with Crippen molar-refractivity contribution in [3.05, 3.63) is 29.3 Å². The molecule has 21 heavy (non-hydrogen) atoms. The number of nitrogens with two attached hydrogens (primary N) is 1. The molecule has 0 aromatic heterocycles. The fraction of sp³-hybridized carbons (Fsp3) is 0.562. The van der Waals surface area contributed by atoms with Crippen molar-refractivity contribution in [2.75, 3.05) is 19.7 Å². The lowest BCUT2D eigenvalue weighted by atomic mass is 9.79. The van der Waals surface area contributed by atoms with Crippen LogP contribution in [0.25, 0.3) is 0 Å². The molecule has 1 aliphatic heterocycles. The molecule has 2 fully saturated rings. The first kappa shape index (κ1) is 14.7. The zero-order valence-corrected chi connectivity index (χ0v) is 12.8. The zero-order chi connectivity index (χ0) is 14.8. The van der Waals surface area contributed by atoms with Crippen molar-refractivity contribution in [1.82, 2.24) is 4.90 Å². The first-order chi connectivity index (χ1) is 10.1. The largest absolute Gasteiger partial charge is 0.484 e. The van der Waals surface area contributed by atoms with E-state index < -0.39 is 0 Å². The number of carbonyl (C=O) groups excluding carboxylic acids is 1. The zero-order valence-electron chi connectivity index (χ0n) is 12.0. The summed E-state index contributed by atoms with van der Waals surface area (Å²) in [4.78, 5) is 14.2. The van der Waals surface area contributed by atoms with Crippen LogP contribution in [0, 0.1) is 11.8 Å². The molecular formula is C16H21ClN2O2. The molecule has 3 atom stereocenters. The summed E-state index contributed by atoms with van der Waals surface area (Å²) in [5.74, 6) is 1.94. The Labute approximate surface area is 130 Å². The van der Waals surface area contributed by atoms with Gasteiger partial charge in [-0.1, -0.05) is 11.6 Å². The van der Waals surface area contributed by atoms with E-state index in [2.05, 4.69) is 0 Å². The van der Waals surface area contributed by atoms with Gasteiger partial charge in [0.05, 0.1) is 0 Å². The summed E-state index contributed by atoms with van der Waals surface area (Å²) < 4.78 is 5.54. The number of ether oxygens (including phenoxy) is 1. The second kappa shape index (κ2) is 6.24. The van der Waals surface area contributed by atoms with Crippen LogP contribution in [0.3, 0.4) is 0 Å². The minimum Gasteiger partial charge on any atom is -0.484 e. The molecule has 1 unspecified atom stereocenters. The predicted molar refractivity (Wildman–Crippen MR) is 82.3 cm³/mol. The third-order valence-electron chi connectivity index (χ3n) is 4.62. The summed E-state index contributed by atoms with van der Waals surface area (Å²) in [5, 5.41) is 0.661. The molecule has 1 amide bonds. The molecule has 5 heteroatoms. The van der Waals surface area contributed by atoms with Gasteiger partial charge in [-0.05, 0) is 55.4 Å². The maximum absolute atomic E-state index is 12.3. The first-order valence-electron chi connectivity index (χ1n) is 7.53. The molecule has 1 saturated heterocycles. The van der Waals surface area contributed by atoms with Crippen molar-refractivity contribution in [2.24, 2.45) is 17.6 Å². The maximum atomic E-state index is 12.3. The lowest BCUT2D eigenvalue weighted by Gasteiger charge is -2.27. The van der Waals surface area contributed by atoms with Crippen molar-refractivity contribution in [2.45, 2.75) is 25.3 Å². The number of fused-ring (bicyclic) bond motifs is 1. The third-order valence-corrected chi connectivity index (χ3v) is 4.87. The Morgan fingerprint density at radius 2 is 1.95 bits per heavy atom. The fourth-order valence-electron chi connectivity index (χ4n) is 3.44. The minimum atomic E-state index is 0.0629. The Morgan fingerprint density at radius 3 is 2.71 bits per heavy atom. The molecule has 2 N–H and O–H groups in total. The number of hydrogen-bond acceptors (Lipinski definition) is 3. The van der Waals surface area contributed by atoms with E-state index >= 15 is 0 Å². The van der Waals surface area contributed by atoms with Gasteiger partial charge >= 0.3 is 0 Å². The molecule has 3 rings (SSSR count). The molecule has 4 nitrogen and oxygen atoms in total. The Kier molecular flexibility index (Phi) is 4.36. The molecule has 1 aromatic rings. The average molecular weight is 309 g/mol. The summed E-state index contributed by atoms with van der Waals surface area (Å²) in [5.41, 5.74) is 6.02. The second-order valence-corrected chi connectivity index (χ2v) is 6.57. The molecule has 1 aliphatic carbocycles. The van der Waals surface area contributed by atoms with Gasteiger partial charge in [-0.3, -0.25) is 4.79 Å². The van der Waals surface area contributed by atoms with Crippen LogP contribution in [0.1, 0.15) is 19.3 Å². The van der Waals surface area contributed by atoms with Crippen LogP contribution in [0.2, 0.25) is 5.02 Å². The Bertz CT molecular complexity index is 506. The van der Waals surface area contributed by atoms with E-state index in [1.165, 1.54) is 0 Å². The van der Waals surface area contributed by atoms with Crippen molar-refractivity contribution in [3.8, 4) is 5.75 Å². The summed E-state index contributed by atoms with van der Waals surface area (Å²) in [6.07, 6.45) is 3.28. The van der Waals surface area contributed by atoms with Gasteiger partial charge in [0.15, 0.2) is 6.61 Å². The van der Waals surface area contributed by atoms with Gasteiger partial charge in [-0.15, -0.1) is 0 Å². The van der Waals surface area contributed by atoms with Crippen LogP contribution < -0.4 is 10.5 Å². The molecular weight excluding hydrogens is 288 g/mol. The van der Waals surface area contributed by atoms with E-state index in [1.54, 1.807) is 24.3 Å². The highest BCUT2D eigenvalue weighted by Gasteiger charge is 2.38. The molecule has 1 saturated carbocycles. The molecule has 114 valence electrons. The molecule has 0 radical (unpaired) electrons. The lowest BCUT2D eigenvalue weighted by Crippen LogP contribution is -2.33. The van der Waals surface area contributed by atoms with Crippen LogP contribution in [-0.4, -0.2) is 36.5 Å². The van der Waals surface area contributed by atoms with Gasteiger partial charge in [-0.25, -0.2) is 0 Å². The lowest BCUT2D eigenvalue weighted by molar-refractivity contribution is -0.132. The summed E-state index contributed by atoms with van der Waals surface area (Å²) in [7, 11) is 0. The summed E-state index contributed by atoms with van der Waals surface area (Å²) >= 11 is 5.82. The van der Waals surface area contributed by atoms with E-state index in [9.17, 15) is 4.79 Å². The highest BCUT2D eigenvalue weighted by molar-refractivity contribution is 6.30. The van der Waals surface area contributed by atoms with Crippen LogP contribution in [-0.2, 0) is 4.79 Å². The van der Waals surface area contributed by atoms with Gasteiger partial charge in [0, 0.05) is 24.2 Å². The number of rotatable bonds is 3. The number of hydrogen-bond donors (Lipinski definition) is 1. The Balaban J connectivity index is 1.51. The first-order valence-corrected chi connectivity index (χ1v) is 7.91. The van der Waals surface area contributed by atoms with E-state index in [0.717, 1.165) is 32.4 Å². The highest BCUT2D eigenvalue weighted by Crippen LogP contribution is 2.35. The number of carbonyl (C=O) groups is 1. The van der Waals surface area contributed by atoms with Gasteiger partial charge in [0.25, 0.3) is 5.91 Å². The number of likely N-dealkylation sites (tertiary alicyclic amines) is 1. The molecule has 0 bridgehead atoms. The van der Waals surface area contributed by atoms with Crippen LogP contribution in [0.4, 0.5) is 0 Å². The molecule has 1 aromatic carbocycles. The van der Waals surface area contributed by atoms with E-state index in [4.69, 9.17) is 22.1 Å². The van der Waals surface area contributed by atoms with Gasteiger partial charge in [0.1, 0.15) is 5.75 Å². The fourth-order valence-corrected chi connectivity index (χ4v) is 3.56. The van der Waals surface area contributed by atoms with Crippen molar-refractivity contribution < 1.29 is 9.53 Å². The second-order valence-electron chi connectivity index (χ2n) is 6.13. The van der Waals surface area contributed by atoms with Crippen LogP contribution >= 0.6 is 11.6 Å².